The van der Waals surface area contributed by atoms with Crippen molar-refractivity contribution in [3.05, 3.63) is 29.8 Å². The summed E-state index contributed by atoms with van der Waals surface area (Å²) in [5, 5.41) is 3.01. The Kier molecular flexibility index (Phi) is 6.54. The number of piperidine rings is 1. The number of carbonyl (C=O) groups is 1. The molecule has 1 amide bonds. The number of hydrogen-bond acceptors (Lipinski definition) is 3. The highest BCUT2D eigenvalue weighted by molar-refractivity contribution is 5.78. The molecule has 4 heteroatoms. The Balaban J connectivity index is 1.66. The molecule has 21 heavy (non-hydrogen) atoms. The number of carbonyl (C=O) groups excluding carboxylic acids is 1. The third-order valence-corrected chi connectivity index (χ3v) is 3.80. The minimum atomic E-state index is 0.0937. The SMILES string of the molecule is CCOc1ccc(CC(=O)NCCN2CCCCC2)cc1. The highest BCUT2D eigenvalue weighted by Gasteiger charge is 2.10. The van der Waals surface area contributed by atoms with Gasteiger partial charge in [-0.1, -0.05) is 18.6 Å². The Hall–Kier alpha value is -1.55. The second kappa shape index (κ2) is 8.67. The molecule has 0 bridgehead atoms. The van der Waals surface area contributed by atoms with Crippen molar-refractivity contribution >= 4 is 5.91 Å². The molecule has 1 aromatic carbocycles. The first kappa shape index (κ1) is 15.8. The zero-order valence-corrected chi connectivity index (χ0v) is 12.9. The maximum atomic E-state index is 11.9. The number of nitrogens with one attached hydrogen (secondary N) is 1. The van der Waals surface area contributed by atoms with E-state index >= 15 is 0 Å². The van der Waals surface area contributed by atoms with Crippen molar-refractivity contribution in [1.29, 1.82) is 0 Å². The topological polar surface area (TPSA) is 41.6 Å². The molecule has 1 aliphatic rings. The van der Waals surface area contributed by atoms with Crippen LogP contribution in [0.4, 0.5) is 0 Å². The highest BCUT2D eigenvalue weighted by Crippen LogP contribution is 2.12. The molecule has 0 aromatic heterocycles. The van der Waals surface area contributed by atoms with Gasteiger partial charge >= 0.3 is 0 Å². The van der Waals surface area contributed by atoms with Crippen molar-refractivity contribution in [1.82, 2.24) is 10.2 Å². The van der Waals surface area contributed by atoms with Crippen LogP contribution in [0.2, 0.25) is 0 Å². The van der Waals surface area contributed by atoms with E-state index in [-0.39, 0.29) is 5.91 Å². The summed E-state index contributed by atoms with van der Waals surface area (Å²) in [6.07, 6.45) is 4.37. The summed E-state index contributed by atoms with van der Waals surface area (Å²) in [5.74, 6) is 0.947. The molecule has 0 unspecified atom stereocenters. The summed E-state index contributed by atoms with van der Waals surface area (Å²) in [6.45, 7) is 6.69. The lowest BCUT2D eigenvalue weighted by Gasteiger charge is -2.26. The predicted molar refractivity (Wildman–Crippen MR) is 84.6 cm³/mol. The minimum absolute atomic E-state index is 0.0937. The largest absolute Gasteiger partial charge is 0.494 e. The van der Waals surface area contributed by atoms with E-state index in [2.05, 4.69) is 10.2 Å². The van der Waals surface area contributed by atoms with Crippen LogP contribution in [-0.2, 0) is 11.2 Å². The molecule has 0 atom stereocenters. The van der Waals surface area contributed by atoms with E-state index in [9.17, 15) is 4.79 Å². The van der Waals surface area contributed by atoms with Gasteiger partial charge in [0.05, 0.1) is 13.0 Å². The van der Waals surface area contributed by atoms with Crippen LogP contribution in [0.3, 0.4) is 0 Å². The molecule has 1 heterocycles. The second-order valence-electron chi connectivity index (χ2n) is 5.51. The van der Waals surface area contributed by atoms with Crippen molar-refractivity contribution in [3.63, 3.8) is 0 Å². The normalized spacial score (nSPS) is 15.7. The molecule has 1 N–H and O–H groups in total. The Bertz CT molecular complexity index is 425. The fourth-order valence-electron chi connectivity index (χ4n) is 2.65. The number of rotatable bonds is 7. The lowest BCUT2D eigenvalue weighted by molar-refractivity contribution is -0.120. The van der Waals surface area contributed by atoms with Crippen molar-refractivity contribution in [2.45, 2.75) is 32.6 Å². The van der Waals surface area contributed by atoms with Gasteiger partial charge in [-0.15, -0.1) is 0 Å². The number of hydrogen-bond donors (Lipinski definition) is 1. The van der Waals surface area contributed by atoms with Crippen LogP contribution in [-0.4, -0.2) is 43.6 Å². The van der Waals surface area contributed by atoms with Crippen molar-refractivity contribution in [3.8, 4) is 5.75 Å². The molecule has 0 aliphatic carbocycles. The van der Waals surface area contributed by atoms with Gasteiger partial charge in [0.25, 0.3) is 0 Å². The highest BCUT2D eigenvalue weighted by atomic mass is 16.5. The fraction of sp³-hybridized carbons (Fsp3) is 0.588. The van der Waals surface area contributed by atoms with Gasteiger partial charge in [-0.3, -0.25) is 4.79 Å². The lowest BCUT2D eigenvalue weighted by atomic mass is 10.1. The van der Waals surface area contributed by atoms with E-state index in [0.717, 1.165) is 24.4 Å². The summed E-state index contributed by atoms with van der Waals surface area (Å²) >= 11 is 0. The number of likely N-dealkylation sites (tertiary alicyclic amines) is 1. The van der Waals surface area contributed by atoms with Gasteiger partial charge in [-0.25, -0.2) is 0 Å². The van der Waals surface area contributed by atoms with E-state index in [1.807, 2.05) is 31.2 Å². The minimum Gasteiger partial charge on any atom is -0.494 e. The van der Waals surface area contributed by atoms with E-state index in [1.54, 1.807) is 0 Å². The van der Waals surface area contributed by atoms with Crippen LogP contribution in [0.1, 0.15) is 31.7 Å². The maximum Gasteiger partial charge on any atom is 0.224 e. The van der Waals surface area contributed by atoms with Gasteiger partial charge < -0.3 is 15.0 Å². The van der Waals surface area contributed by atoms with Gasteiger partial charge in [0.2, 0.25) is 5.91 Å². The number of amides is 1. The molecule has 1 saturated heterocycles. The van der Waals surface area contributed by atoms with Gasteiger partial charge in [-0.05, 0) is 50.6 Å². The van der Waals surface area contributed by atoms with Crippen LogP contribution < -0.4 is 10.1 Å². The molecule has 0 spiro atoms. The van der Waals surface area contributed by atoms with Gasteiger partial charge in [0.1, 0.15) is 5.75 Å². The molecular formula is C17H26N2O2. The zero-order valence-electron chi connectivity index (χ0n) is 12.9. The number of benzene rings is 1. The first-order valence-electron chi connectivity index (χ1n) is 7.98. The summed E-state index contributed by atoms with van der Waals surface area (Å²) < 4.78 is 5.39. The average Bonchev–Trinajstić information content (AvgIpc) is 2.51. The zero-order chi connectivity index (χ0) is 14.9. The first-order valence-corrected chi connectivity index (χ1v) is 7.98. The maximum absolute atomic E-state index is 11.9. The fourth-order valence-corrected chi connectivity index (χ4v) is 2.65. The smallest absolute Gasteiger partial charge is 0.224 e. The van der Waals surface area contributed by atoms with Crippen molar-refractivity contribution in [2.75, 3.05) is 32.8 Å². The van der Waals surface area contributed by atoms with E-state index in [0.29, 0.717) is 13.0 Å². The first-order chi connectivity index (χ1) is 10.3. The third-order valence-electron chi connectivity index (χ3n) is 3.80. The molecule has 0 saturated carbocycles. The molecule has 4 nitrogen and oxygen atoms in total. The molecule has 2 rings (SSSR count). The monoisotopic (exact) mass is 290 g/mol. The van der Waals surface area contributed by atoms with E-state index < -0.39 is 0 Å². The Morgan fingerprint density at radius 1 is 1.19 bits per heavy atom. The molecule has 0 radical (unpaired) electrons. The second-order valence-corrected chi connectivity index (χ2v) is 5.51. The third kappa shape index (κ3) is 5.76. The van der Waals surface area contributed by atoms with Crippen molar-refractivity contribution in [2.24, 2.45) is 0 Å². The van der Waals surface area contributed by atoms with Crippen LogP contribution in [0.5, 0.6) is 5.75 Å². The summed E-state index contributed by atoms with van der Waals surface area (Å²) in [7, 11) is 0. The molecular weight excluding hydrogens is 264 g/mol. The van der Waals surface area contributed by atoms with Crippen LogP contribution >= 0.6 is 0 Å². The molecule has 1 aliphatic heterocycles. The summed E-state index contributed by atoms with van der Waals surface area (Å²) in [5.41, 5.74) is 1.02. The standard InChI is InChI=1S/C17H26N2O2/c1-2-21-16-8-6-15(7-9-16)14-17(20)18-10-13-19-11-4-3-5-12-19/h6-9H,2-5,10-14H2,1H3,(H,18,20). The summed E-state index contributed by atoms with van der Waals surface area (Å²) in [4.78, 5) is 14.3. The van der Waals surface area contributed by atoms with Crippen LogP contribution in [0.25, 0.3) is 0 Å². The van der Waals surface area contributed by atoms with Gasteiger partial charge in [-0.2, -0.15) is 0 Å². The van der Waals surface area contributed by atoms with Crippen molar-refractivity contribution < 1.29 is 9.53 Å². The Morgan fingerprint density at radius 2 is 1.90 bits per heavy atom. The number of nitrogens with zero attached hydrogens (tertiary/aromatic N) is 1. The van der Waals surface area contributed by atoms with Crippen LogP contribution in [0.15, 0.2) is 24.3 Å². The Morgan fingerprint density at radius 3 is 2.57 bits per heavy atom. The Labute approximate surface area is 127 Å². The summed E-state index contributed by atoms with van der Waals surface area (Å²) in [6, 6.07) is 7.74. The molecule has 1 fully saturated rings. The lowest BCUT2D eigenvalue weighted by Crippen LogP contribution is -2.38. The van der Waals surface area contributed by atoms with E-state index in [1.165, 1.54) is 32.4 Å². The predicted octanol–water partition coefficient (Wildman–Crippen LogP) is 2.23. The average molecular weight is 290 g/mol. The van der Waals surface area contributed by atoms with E-state index in [4.69, 9.17) is 4.74 Å². The number of ether oxygens (including phenoxy) is 1. The molecule has 1 aromatic rings. The van der Waals surface area contributed by atoms with Gasteiger partial charge in [0, 0.05) is 13.1 Å². The quantitative estimate of drug-likeness (QED) is 0.837. The van der Waals surface area contributed by atoms with Gasteiger partial charge in [0.15, 0.2) is 0 Å². The van der Waals surface area contributed by atoms with Crippen LogP contribution in [0, 0.1) is 0 Å². The molecule has 116 valence electrons.